The van der Waals surface area contributed by atoms with Crippen LogP contribution in [0.25, 0.3) is 0 Å². The van der Waals surface area contributed by atoms with Gasteiger partial charge in [0.15, 0.2) is 0 Å². The number of piperidine rings is 1. The SMILES string of the molecule is CC(OC1CCCNC1)c1ccccn1.Cl. The predicted molar refractivity (Wildman–Crippen MR) is 66.9 cm³/mol. The van der Waals surface area contributed by atoms with Gasteiger partial charge in [-0.15, -0.1) is 12.4 Å². The van der Waals surface area contributed by atoms with Crippen LogP contribution in [0.15, 0.2) is 24.4 Å². The molecule has 2 unspecified atom stereocenters. The summed E-state index contributed by atoms with van der Waals surface area (Å²) in [4.78, 5) is 4.30. The zero-order chi connectivity index (χ0) is 10.5. The molecule has 90 valence electrons. The van der Waals surface area contributed by atoms with Crippen LogP contribution in [-0.4, -0.2) is 24.2 Å². The van der Waals surface area contributed by atoms with E-state index in [0.717, 1.165) is 25.2 Å². The molecule has 1 aromatic rings. The Morgan fingerprint density at radius 2 is 2.38 bits per heavy atom. The summed E-state index contributed by atoms with van der Waals surface area (Å²) in [6.07, 6.45) is 4.62. The molecule has 1 aliphatic rings. The molecular weight excluding hydrogens is 224 g/mol. The van der Waals surface area contributed by atoms with E-state index in [9.17, 15) is 0 Å². The summed E-state index contributed by atoms with van der Waals surface area (Å²) in [6, 6.07) is 5.95. The number of nitrogens with one attached hydrogen (secondary N) is 1. The van der Waals surface area contributed by atoms with Crippen molar-refractivity contribution in [3.63, 3.8) is 0 Å². The van der Waals surface area contributed by atoms with Gasteiger partial charge in [-0.3, -0.25) is 4.98 Å². The van der Waals surface area contributed by atoms with E-state index in [1.54, 1.807) is 0 Å². The molecular formula is C12H19ClN2O. The molecule has 0 amide bonds. The van der Waals surface area contributed by atoms with Crippen molar-refractivity contribution in [3.8, 4) is 0 Å². The van der Waals surface area contributed by atoms with Crippen LogP contribution in [0, 0.1) is 0 Å². The predicted octanol–water partition coefficient (Wildman–Crippen LogP) is 2.33. The van der Waals surface area contributed by atoms with E-state index < -0.39 is 0 Å². The van der Waals surface area contributed by atoms with Crippen molar-refractivity contribution in [2.75, 3.05) is 13.1 Å². The second-order valence-electron chi connectivity index (χ2n) is 4.00. The van der Waals surface area contributed by atoms with Crippen LogP contribution in [-0.2, 0) is 4.74 Å². The molecule has 1 saturated heterocycles. The molecule has 0 spiro atoms. The Labute approximate surface area is 103 Å². The van der Waals surface area contributed by atoms with Crippen LogP contribution in [0.5, 0.6) is 0 Å². The molecule has 0 aliphatic carbocycles. The molecule has 16 heavy (non-hydrogen) atoms. The van der Waals surface area contributed by atoms with Crippen molar-refractivity contribution < 1.29 is 4.74 Å². The third kappa shape index (κ3) is 3.74. The topological polar surface area (TPSA) is 34.1 Å². The van der Waals surface area contributed by atoms with Gasteiger partial charge in [-0.2, -0.15) is 0 Å². The molecule has 3 nitrogen and oxygen atoms in total. The van der Waals surface area contributed by atoms with Crippen LogP contribution in [0.2, 0.25) is 0 Å². The monoisotopic (exact) mass is 242 g/mol. The number of nitrogens with zero attached hydrogens (tertiary/aromatic N) is 1. The highest BCUT2D eigenvalue weighted by Crippen LogP contribution is 2.18. The van der Waals surface area contributed by atoms with Gasteiger partial charge in [0.2, 0.25) is 0 Å². The number of aromatic nitrogens is 1. The van der Waals surface area contributed by atoms with Crippen molar-refractivity contribution in [2.45, 2.75) is 32.0 Å². The van der Waals surface area contributed by atoms with Crippen LogP contribution >= 0.6 is 12.4 Å². The minimum absolute atomic E-state index is 0. The first-order valence-electron chi connectivity index (χ1n) is 5.63. The first kappa shape index (κ1) is 13.4. The number of rotatable bonds is 3. The molecule has 0 aromatic carbocycles. The molecule has 0 radical (unpaired) electrons. The molecule has 2 heterocycles. The Morgan fingerprint density at radius 1 is 1.50 bits per heavy atom. The van der Waals surface area contributed by atoms with Crippen molar-refractivity contribution in [2.24, 2.45) is 0 Å². The lowest BCUT2D eigenvalue weighted by Crippen LogP contribution is -2.35. The van der Waals surface area contributed by atoms with E-state index in [0.29, 0.717) is 6.10 Å². The number of hydrogen-bond acceptors (Lipinski definition) is 3. The van der Waals surface area contributed by atoms with Gasteiger partial charge >= 0.3 is 0 Å². The highest BCUT2D eigenvalue weighted by atomic mass is 35.5. The summed E-state index contributed by atoms with van der Waals surface area (Å²) in [7, 11) is 0. The van der Waals surface area contributed by atoms with Crippen molar-refractivity contribution in [1.82, 2.24) is 10.3 Å². The minimum atomic E-state index is 0. The average molecular weight is 243 g/mol. The molecule has 0 saturated carbocycles. The highest BCUT2D eigenvalue weighted by Gasteiger charge is 2.17. The first-order chi connectivity index (χ1) is 7.36. The lowest BCUT2D eigenvalue weighted by atomic mass is 10.1. The summed E-state index contributed by atoms with van der Waals surface area (Å²) in [5.74, 6) is 0. The standard InChI is InChI=1S/C12H18N2O.ClH/c1-10(12-6-2-3-8-14-12)15-11-5-4-7-13-9-11;/h2-3,6,8,10-11,13H,4-5,7,9H2,1H3;1H. The van der Waals surface area contributed by atoms with Crippen LogP contribution in [0.3, 0.4) is 0 Å². The Kier molecular flexibility index (Phi) is 5.74. The molecule has 1 N–H and O–H groups in total. The van der Waals surface area contributed by atoms with Gasteiger partial charge in [0.25, 0.3) is 0 Å². The lowest BCUT2D eigenvalue weighted by Gasteiger charge is -2.26. The Balaban J connectivity index is 0.00000128. The van der Waals surface area contributed by atoms with E-state index in [2.05, 4.69) is 17.2 Å². The van der Waals surface area contributed by atoms with E-state index in [1.807, 2.05) is 24.4 Å². The zero-order valence-electron chi connectivity index (χ0n) is 9.56. The second kappa shape index (κ2) is 6.84. The van der Waals surface area contributed by atoms with Gasteiger partial charge in [-0.25, -0.2) is 0 Å². The van der Waals surface area contributed by atoms with Crippen molar-refractivity contribution >= 4 is 12.4 Å². The van der Waals surface area contributed by atoms with Crippen LogP contribution in [0.4, 0.5) is 0 Å². The summed E-state index contributed by atoms with van der Waals surface area (Å²) >= 11 is 0. The molecule has 1 aromatic heterocycles. The quantitative estimate of drug-likeness (QED) is 0.884. The molecule has 0 bridgehead atoms. The maximum absolute atomic E-state index is 5.95. The van der Waals surface area contributed by atoms with E-state index in [-0.39, 0.29) is 18.5 Å². The molecule has 4 heteroatoms. The number of halogens is 1. The van der Waals surface area contributed by atoms with E-state index in [1.165, 1.54) is 6.42 Å². The average Bonchev–Trinajstić information content (AvgIpc) is 2.31. The maximum Gasteiger partial charge on any atom is 0.0970 e. The second-order valence-corrected chi connectivity index (χ2v) is 4.00. The highest BCUT2D eigenvalue weighted by molar-refractivity contribution is 5.85. The third-order valence-electron chi connectivity index (χ3n) is 2.75. The Morgan fingerprint density at radius 3 is 3.00 bits per heavy atom. The largest absolute Gasteiger partial charge is 0.368 e. The smallest absolute Gasteiger partial charge is 0.0970 e. The molecule has 1 fully saturated rings. The normalized spacial score (nSPS) is 22.2. The van der Waals surface area contributed by atoms with Crippen LogP contribution in [0.1, 0.15) is 31.6 Å². The zero-order valence-corrected chi connectivity index (χ0v) is 10.4. The van der Waals surface area contributed by atoms with Gasteiger partial charge in [0, 0.05) is 12.7 Å². The molecule has 1 aliphatic heterocycles. The van der Waals surface area contributed by atoms with Gasteiger partial charge in [-0.05, 0) is 38.4 Å². The van der Waals surface area contributed by atoms with Gasteiger partial charge < -0.3 is 10.1 Å². The summed E-state index contributed by atoms with van der Waals surface area (Å²) in [5.41, 5.74) is 1.02. The fourth-order valence-electron chi connectivity index (χ4n) is 1.91. The first-order valence-corrected chi connectivity index (χ1v) is 5.63. The Bertz CT molecular complexity index is 288. The Hall–Kier alpha value is -0.640. The van der Waals surface area contributed by atoms with Gasteiger partial charge in [0.05, 0.1) is 17.9 Å². The molecule has 2 rings (SSSR count). The molecule has 2 atom stereocenters. The number of pyridine rings is 1. The van der Waals surface area contributed by atoms with Crippen LogP contribution < -0.4 is 5.32 Å². The fourth-order valence-corrected chi connectivity index (χ4v) is 1.91. The van der Waals surface area contributed by atoms with Gasteiger partial charge in [0.1, 0.15) is 0 Å². The van der Waals surface area contributed by atoms with E-state index >= 15 is 0 Å². The minimum Gasteiger partial charge on any atom is -0.368 e. The fraction of sp³-hybridized carbons (Fsp3) is 0.583. The maximum atomic E-state index is 5.95. The number of hydrogen-bond donors (Lipinski definition) is 1. The van der Waals surface area contributed by atoms with Crippen molar-refractivity contribution in [3.05, 3.63) is 30.1 Å². The summed E-state index contributed by atoms with van der Waals surface area (Å²) in [6.45, 7) is 4.16. The van der Waals surface area contributed by atoms with E-state index in [4.69, 9.17) is 4.74 Å². The number of ether oxygens (including phenoxy) is 1. The summed E-state index contributed by atoms with van der Waals surface area (Å²) < 4.78 is 5.95. The third-order valence-corrected chi connectivity index (χ3v) is 2.75. The van der Waals surface area contributed by atoms with Crippen molar-refractivity contribution in [1.29, 1.82) is 0 Å². The van der Waals surface area contributed by atoms with Gasteiger partial charge in [-0.1, -0.05) is 6.07 Å². The lowest BCUT2D eigenvalue weighted by molar-refractivity contribution is -0.0169. The summed E-state index contributed by atoms with van der Waals surface area (Å²) in [5, 5.41) is 3.35.